The van der Waals surface area contributed by atoms with Gasteiger partial charge in [-0.2, -0.15) is 10.1 Å². The number of hydrazone groups is 1. The van der Waals surface area contributed by atoms with Crippen LogP contribution in [0.15, 0.2) is 47.8 Å². The van der Waals surface area contributed by atoms with Gasteiger partial charge in [0.25, 0.3) is 0 Å². The van der Waals surface area contributed by atoms with Crippen LogP contribution in [0.1, 0.15) is 25.5 Å². The van der Waals surface area contributed by atoms with Crippen LogP contribution in [0.2, 0.25) is 5.02 Å². The molecule has 194 valence electrons. The predicted molar refractivity (Wildman–Crippen MR) is 144 cm³/mol. The zero-order valence-electron chi connectivity index (χ0n) is 20.5. The van der Waals surface area contributed by atoms with Gasteiger partial charge in [-0.15, -0.1) is 0 Å². The summed E-state index contributed by atoms with van der Waals surface area (Å²) in [6.07, 6.45) is 6.69. The van der Waals surface area contributed by atoms with Gasteiger partial charge >= 0.3 is 0 Å². The number of nitrogens with zero attached hydrogens (tertiary/aromatic N) is 6. The Labute approximate surface area is 219 Å². The van der Waals surface area contributed by atoms with E-state index in [9.17, 15) is 4.39 Å². The van der Waals surface area contributed by atoms with Crippen molar-refractivity contribution in [2.45, 2.75) is 25.8 Å². The van der Waals surface area contributed by atoms with Crippen molar-refractivity contribution < 1.29 is 9.13 Å². The molecule has 2 fully saturated rings. The number of morpholine rings is 1. The standard InChI is InChI=1S/C25H29ClFN9O/c1-17-3-2-6-31-36(17)22-12-18(26)11-21(13-22)32-20-5-4-19(28-14-20)15-30-34-25-29-16-23(27)24(33-25)35-7-9-37-10-8-35/h4-5,11-17,31-32H,2-3,6-10H2,1H3,(H,29,33,34)/b30-15+. The Morgan fingerprint density at radius 3 is 2.81 bits per heavy atom. The number of halogens is 2. The SMILES string of the molecule is CC1CCCNN1c1cc(Cl)cc(Nc2ccc(/C=N/Nc3ncc(F)c(N4CCOCC4)n3)nc2)c1. The number of benzene rings is 1. The van der Waals surface area contributed by atoms with E-state index in [0.717, 1.165) is 42.6 Å². The fraction of sp³-hybridized carbons (Fsp3) is 0.360. The third-order valence-corrected chi connectivity index (χ3v) is 6.37. The number of pyridine rings is 1. The highest BCUT2D eigenvalue weighted by Gasteiger charge is 2.20. The summed E-state index contributed by atoms with van der Waals surface area (Å²) in [5, 5.41) is 10.3. The summed E-state index contributed by atoms with van der Waals surface area (Å²) >= 11 is 6.40. The molecule has 37 heavy (non-hydrogen) atoms. The molecule has 0 bridgehead atoms. The van der Waals surface area contributed by atoms with Crippen LogP contribution in [0.5, 0.6) is 0 Å². The number of anilines is 5. The summed E-state index contributed by atoms with van der Waals surface area (Å²) in [7, 11) is 0. The van der Waals surface area contributed by atoms with E-state index >= 15 is 0 Å². The second-order valence-corrected chi connectivity index (χ2v) is 9.34. The van der Waals surface area contributed by atoms with Crippen LogP contribution in [-0.4, -0.2) is 60.1 Å². The molecule has 0 radical (unpaired) electrons. The number of hydrogen-bond acceptors (Lipinski definition) is 10. The van der Waals surface area contributed by atoms with Crippen LogP contribution in [0.25, 0.3) is 0 Å². The summed E-state index contributed by atoms with van der Waals surface area (Å²) in [5.41, 5.74) is 9.52. The quantitative estimate of drug-likeness (QED) is 0.309. The van der Waals surface area contributed by atoms with Crippen molar-refractivity contribution in [1.82, 2.24) is 20.4 Å². The summed E-state index contributed by atoms with van der Waals surface area (Å²) < 4.78 is 19.5. The lowest BCUT2D eigenvalue weighted by atomic mass is 10.1. The third-order valence-electron chi connectivity index (χ3n) is 6.15. The molecule has 0 amide bonds. The molecule has 10 nitrogen and oxygen atoms in total. The maximum Gasteiger partial charge on any atom is 0.245 e. The topological polar surface area (TPSA) is 103 Å². The van der Waals surface area contributed by atoms with Gasteiger partial charge in [0.05, 0.1) is 48.9 Å². The smallest absolute Gasteiger partial charge is 0.245 e. The Morgan fingerprint density at radius 1 is 1.16 bits per heavy atom. The predicted octanol–water partition coefficient (Wildman–Crippen LogP) is 4.18. The highest BCUT2D eigenvalue weighted by atomic mass is 35.5. The van der Waals surface area contributed by atoms with Gasteiger partial charge in [-0.05, 0) is 50.1 Å². The molecule has 0 aliphatic carbocycles. The van der Waals surface area contributed by atoms with E-state index in [0.29, 0.717) is 43.1 Å². The molecular formula is C25H29ClFN9O. The van der Waals surface area contributed by atoms with Gasteiger partial charge in [-0.25, -0.2) is 20.2 Å². The van der Waals surface area contributed by atoms with Crippen LogP contribution < -0.4 is 26.1 Å². The molecular weight excluding hydrogens is 497 g/mol. The number of aromatic nitrogens is 3. The lowest BCUT2D eigenvalue weighted by Crippen LogP contribution is -2.48. The number of nitrogens with one attached hydrogen (secondary N) is 3. The fourth-order valence-electron chi connectivity index (χ4n) is 4.30. The molecule has 1 aromatic carbocycles. The van der Waals surface area contributed by atoms with Gasteiger partial charge in [-0.3, -0.25) is 4.98 Å². The monoisotopic (exact) mass is 525 g/mol. The van der Waals surface area contributed by atoms with Crippen molar-refractivity contribution in [3.63, 3.8) is 0 Å². The average molecular weight is 526 g/mol. The van der Waals surface area contributed by atoms with Crippen LogP contribution in [0.4, 0.5) is 33.2 Å². The van der Waals surface area contributed by atoms with Gasteiger partial charge in [0, 0.05) is 36.4 Å². The first-order valence-corrected chi connectivity index (χ1v) is 12.6. The van der Waals surface area contributed by atoms with E-state index < -0.39 is 5.82 Å². The van der Waals surface area contributed by atoms with Crippen molar-refractivity contribution >= 4 is 46.6 Å². The molecule has 4 heterocycles. The molecule has 2 aliphatic rings. The minimum atomic E-state index is -0.477. The Hall–Kier alpha value is -3.54. The van der Waals surface area contributed by atoms with Crippen molar-refractivity contribution in [3.05, 3.63) is 59.3 Å². The van der Waals surface area contributed by atoms with Gasteiger partial charge in [0.15, 0.2) is 11.6 Å². The summed E-state index contributed by atoms with van der Waals surface area (Å²) in [6, 6.07) is 10.0. The molecule has 2 aromatic heterocycles. The highest BCUT2D eigenvalue weighted by molar-refractivity contribution is 6.31. The van der Waals surface area contributed by atoms with E-state index in [2.05, 4.69) is 54.2 Å². The van der Waals surface area contributed by atoms with Gasteiger partial charge in [0.1, 0.15) is 0 Å². The molecule has 3 N–H and O–H groups in total. The second-order valence-electron chi connectivity index (χ2n) is 8.90. The van der Waals surface area contributed by atoms with E-state index in [1.165, 1.54) is 0 Å². The molecule has 0 saturated carbocycles. The first kappa shape index (κ1) is 25.1. The third kappa shape index (κ3) is 6.43. The molecule has 5 rings (SSSR count). The highest BCUT2D eigenvalue weighted by Crippen LogP contribution is 2.29. The van der Waals surface area contributed by atoms with Crippen molar-refractivity contribution in [3.8, 4) is 0 Å². The van der Waals surface area contributed by atoms with Gasteiger partial charge < -0.3 is 20.0 Å². The van der Waals surface area contributed by atoms with Crippen LogP contribution in [-0.2, 0) is 4.74 Å². The van der Waals surface area contributed by atoms with Crippen molar-refractivity contribution in [2.24, 2.45) is 5.10 Å². The van der Waals surface area contributed by atoms with Crippen molar-refractivity contribution in [1.29, 1.82) is 0 Å². The Morgan fingerprint density at radius 2 is 2.03 bits per heavy atom. The summed E-state index contributed by atoms with van der Waals surface area (Å²) in [6.45, 7) is 5.37. The zero-order valence-corrected chi connectivity index (χ0v) is 21.2. The van der Waals surface area contributed by atoms with Gasteiger partial charge in [0.2, 0.25) is 5.95 Å². The number of hydrogen-bond donors (Lipinski definition) is 3. The minimum absolute atomic E-state index is 0.201. The Kier molecular flexibility index (Phi) is 7.93. The molecule has 1 atom stereocenters. The maximum absolute atomic E-state index is 14.2. The lowest BCUT2D eigenvalue weighted by molar-refractivity contribution is 0.122. The number of hydrazine groups is 1. The normalized spacial score (nSPS) is 18.3. The number of rotatable bonds is 7. The molecule has 12 heteroatoms. The maximum atomic E-state index is 14.2. The Bertz CT molecular complexity index is 1240. The van der Waals surface area contributed by atoms with Crippen LogP contribution in [0, 0.1) is 5.82 Å². The van der Waals surface area contributed by atoms with E-state index in [-0.39, 0.29) is 11.8 Å². The van der Waals surface area contributed by atoms with E-state index in [4.69, 9.17) is 16.3 Å². The van der Waals surface area contributed by atoms with Gasteiger partial charge in [-0.1, -0.05) is 11.6 Å². The molecule has 0 spiro atoms. The number of ether oxygens (including phenoxy) is 1. The summed E-state index contributed by atoms with van der Waals surface area (Å²) in [4.78, 5) is 14.5. The van der Waals surface area contributed by atoms with E-state index in [1.54, 1.807) is 12.4 Å². The Balaban J connectivity index is 1.21. The van der Waals surface area contributed by atoms with Crippen LogP contribution in [0.3, 0.4) is 0 Å². The second kappa shape index (κ2) is 11.7. The first-order chi connectivity index (χ1) is 18.0. The molecule has 2 aliphatic heterocycles. The fourth-order valence-corrected chi connectivity index (χ4v) is 4.53. The molecule has 3 aromatic rings. The zero-order chi connectivity index (χ0) is 25.6. The molecule has 2 saturated heterocycles. The van der Waals surface area contributed by atoms with Crippen molar-refractivity contribution in [2.75, 3.05) is 53.5 Å². The molecule has 1 unspecified atom stereocenters. The largest absolute Gasteiger partial charge is 0.378 e. The first-order valence-electron chi connectivity index (χ1n) is 12.3. The summed E-state index contributed by atoms with van der Waals surface area (Å²) in [5.74, 6) is -0.0411. The lowest BCUT2D eigenvalue weighted by Gasteiger charge is -2.36. The van der Waals surface area contributed by atoms with E-state index in [1.807, 2.05) is 29.2 Å². The minimum Gasteiger partial charge on any atom is -0.378 e. The van der Waals surface area contributed by atoms with Crippen LogP contribution >= 0.6 is 11.6 Å². The average Bonchev–Trinajstić information content (AvgIpc) is 2.91.